The first-order valence-corrected chi connectivity index (χ1v) is 8.45. The van der Waals surface area contributed by atoms with Crippen molar-refractivity contribution in [3.63, 3.8) is 0 Å². The van der Waals surface area contributed by atoms with Crippen LogP contribution in [0.3, 0.4) is 0 Å². The molecule has 1 fully saturated rings. The molecule has 1 saturated carbocycles. The van der Waals surface area contributed by atoms with Crippen molar-refractivity contribution in [3.05, 3.63) is 47.3 Å². The van der Waals surface area contributed by atoms with Gasteiger partial charge in [-0.25, -0.2) is 13.5 Å². The van der Waals surface area contributed by atoms with Crippen LogP contribution >= 0.6 is 0 Å². The molecule has 1 aromatic carbocycles. The molecule has 0 bridgehead atoms. The zero-order chi connectivity index (χ0) is 18.0. The summed E-state index contributed by atoms with van der Waals surface area (Å²) in [4.78, 5) is 14.6. The number of rotatable bonds is 7. The van der Waals surface area contributed by atoms with Crippen LogP contribution in [0.2, 0.25) is 0 Å². The Morgan fingerprint density at radius 2 is 2.08 bits per heavy atom. The largest absolute Gasteiger partial charge is 0.396 e. The number of nitrogens with zero attached hydrogens (tertiary/aromatic N) is 3. The normalized spacial score (nSPS) is 13.9. The van der Waals surface area contributed by atoms with E-state index in [1.165, 1.54) is 10.7 Å². The third kappa shape index (κ3) is 3.87. The number of aromatic nitrogens is 2. The van der Waals surface area contributed by atoms with E-state index in [1.807, 2.05) is 0 Å². The molecule has 2 aromatic rings. The van der Waals surface area contributed by atoms with Gasteiger partial charge in [0.2, 0.25) is 0 Å². The minimum Gasteiger partial charge on any atom is -0.396 e. The van der Waals surface area contributed by atoms with Crippen LogP contribution in [0.5, 0.6) is 0 Å². The highest BCUT2D eigenvalue weighted by Crippen LogP contribution is 2.29. The summed E-state index contributed by atoms with van der Waals surface area (Å²) in [5, 5.41) is 13.2. The van der Waals surface area contributed by atoms with Crippen molar-refractivity contribution in [2.45, 2.75) is 38.6 Å². The SMILES string of the molecule is Cc1cc(C(=O)N(CCCCO)C2CC2)nn1-c1ccc(F)cc1F. The number of aliphatic hydroxyl groups is 1. The zero-order valence-corrected chi connectivity index (χ0v) is 14.1. The van der Waals surface area contributed by atoms with Crippen molar-refractivity contribution in [2.24, 2.45) is 0 Å². The summed E-state index contributed by atoms with van der Waals surface area (Å²) >= 11 is 0. The van der Waals surface area contributed by atoms with Gasteiger partial charge in [0.1, 0.15) is 11.5 Å². The number of carbonyl (C=O) groups excluding carboxylic acids is 1. The highest BCUT2D eigenvalue weighted by molar-refractivity contribution is 5.93. The lowest BCUT2D eigenvalue weighted by atomic mass is 10.2. The minimum atomic E-state index is -0.729. The summed E-state index contributed by atoms with van der Waals surface area (Å²) in [5.41, 5.74) is 0.952. The van der Waals surface area contributed by atoms with Crippen molar-refractivity contribution >= 4 is 5.91 Å². The Labute approximate surface area is 144 Å². The second-order valence-electron chi connectivity index (χ2n) is 6.34. The molecule has 1 aliphatic carbocycles. The number of unbranched alkanes of at least 4 members (excludes halogenated alkanes) is 1. The highest BCUT2D eigenvalue weighted by atomic mass is 19.1. The van der Waals surface area contributed by atoms with E-state index in [0.717, 1.165) is 31.4 Å². The molecule has 0 radical (unpaired) electrons. The average molecular weight is 349 g/mol. The van der Waals surface area contributed by atoms with Gasteiger partial charge in [-0.2, -0.15) is 5.10 Å². The van der Waals surface area contributed by atoms with Crippen LogP contribution in [-0.2, 0) is 0 Å². The lowest BCUT2D eigenvalue weighted by molar-refractivity contribution is 0.0730. The Hall–Kier alpha value is -2.28. The second kappa shape index (κ2) is 7.31. The van der Waals surface area contributed by atoms with Gasteiger partial charge in [-0.1, -0.05) is 0 Å². The van der Waals surface area contributed by atoms with Gasteiger partial charge in [0.25, 0.3) is 5.91 Å². The molecule has 1 N–H and O–H groups in total. The number of amides is 1. The van der Waals surface area contributed by atoms with Crippen LogP contribution in [0.25, 0.3) is 5.69 Å². The molecule has 0 saturated heterocycles. The number of aliphatic hydroxyl groups excluding tert-OH is 1. The van der Waals surface area contributed by atoms with Crippen LogP contribution in [0.15, 0.2) is 24.3 Å². The third-order valence-electron chi connectivity index (χ3n) is 4.30. The van der Waals surface area contributed by atoms with Gasteiger partial charge in [0.05, 0.1) is 0 Å². The first kappa shape index (κ1) is 17.5. The van der Waals surface area contributed by atoms with Crippen LogP contribution in [-0.4, -0.2) is 44.9 Å². The monoisotopic (exact) mass is 349 g/mol. The molecule has 134 valence electrons. The number of aryl methyl sites for hydroxylation is 1. The second-order valence-corrected chi connectivity index (χ2v) is 6.34. The molecule has 1 aromatic heterocycles. The molecular formula is C18H21F2N3O2. The molecule has 0 spiro atoms. The Balaban J connectivity index is 1.84. The van der Waals surface area contributed by atoms with E-state index >= 15 is 0 Å². The van der Waals surface area contributed by atoms with Gasteiger partial charge in [-0.15, -0.1) is 0 Å². The Morgan fingerprint density at radius 1 is 1.32 bits per heavy atom. The van der Waals surface area contributed by atoms with Crippen molar-refractivity contribution < 1.29 is 18.7 Å². The number of hydrogen-bond acceptors (Lipinski definition) is 3. The molecular weight excluding hydrogens is 328 g/mol. The van der Waals surface area contributed by atoms with Gasteiger partial charge in [0, 0.05) is 31.0 Å². The predicted octanol–water partition coefficient (Wildman–Crippen LogP) is 2.84. The molecule has 25 heavy (non-hydrogen) atoms. The maximum atomic E-state index is 14.0. The molecule has 0 unspecified atom stereocenters. The van der Waals surface area contributed by atoms with Crippen molar-refractivity contribution in [2.75, 3.05) is 13.2 Å². The molecule has 1 amide bonds. The molecule has 7 heteroatoms. The number of benzene rings is 1. The molecule has 0 atom stereocenters. The van der Waals surface area contributed by atoms with E-state index in [0.29, 0.717) is 18.7 Å². The van der Waals surface area contributed by atoms with Crippen LogP contribution < -0.4 is 0 Å². The van der Waals surface area contributed by atoms with Crippen molar-refractivity contribution in [1.29, 1.82) is 0 Å². The van der Waals surface area contributed by atoms with Crippen molar-refractivity contribution in [1.82, 2.24) is 14.7 Å². The molecule has 1 heterocycles. The molecule has 3 rings (SSSR count). The van der Waals surface area contributed by atoms with Crippen LogP contribution in [0.1, 0.15) is 41.9 Å². The smallest absolute Gasteiger partial charge is 0.274 e. The van der Waals surface area contributed by atoms with Crippen molar-refractivity contribution in [3.8, 4) is 5.69 Å². The fraction of sp³-hybridized carbons (Fsp3) is 0.444. The molecule has 5 nitrogen and oxygen atoms in total. The van der Waals surface area contributed by atoms with E-state index in [9.17, 15) is 13.6 Å². The van der Waals surface area contributed by atoms with Crippen LogP contribution in [0, 0.1) is 18.6 Å². The first-order valence-electron chi connectivity index (χ1n) is 8.45. The lowest BCUT2D eigenvalue weighted by Gasteiger charge is -2.21. The minimum absolute atomic E-state index is 0.101. The first-order chi connectivity index (χ1) is 12.0. The molecule has 0 aliphatic heterocycles. The van der Waals surface area contributed by atoms with Gasteiger partial charge in [0.15, 0.2) is 11.5 Å². The average Bonchev–Trinajstić information content (AvgIpc) is 3.34. The summed E-state index contributed by atoms with van der Waals surface area (Å²) in [6, 6.07) is 5.10. The topological polar surface area (TPSA) is 58.4 Å². The summed E-state index contributed by atoms with van der Waals surface area (Å²) in [6.45, 7) is 2.39. The van der Waals surface area contributed by atoms with E-state index in [1.54, 1.807) is 17.9 Å². The molecule has 1 aliphatic rings. The lowest BCUT2D eigenvalue weighted by Crippen LogP contribution is -2.34. The number of halogens is 2. The Kier molecular flexibility index (Phi) is 5.13. The summed E-state index contributed by atoms with van der Waals surface area (Å²) in [7, 11) is 0. The fourth-order valence-electron chi connectivity index (χ4n) is 2.85. The summed E-state index contributed by atoms with van der Waals surface area (Å²) in [6.07, 6.45) is 3.31. The fourth-order valence-corrected chi connectivity index (χ4v) is 2.85. The third-order valence-corrected chi connectivity index (χ3v) is 4.30. The Morgan fingerprint density at radius 3 is 2.72 bits per heavy atom. The summed E-state index contributed by atoms with van der Waals surface area (Å²) in [5.74, 6) is -1.58. The quantitative estimate of drug-likeness (QED) is 0.782. The number of hydrogen-bond donors (Lipinski definition) is 1. The standard InChI is InChI=1S/C18H21F2N3O2/c1-12-10-16(18(25)22(14-5-6-14)8-2-3-9-24)21-23(12)17-7-4-13(19)11-15(17)20/h4,7,10-11,14,24H,2-3,5-6,8-9H2,1H3. The van der Waals surface area contributed by atoms with Crippen LogP contribution in [0.4, 0.5) is 8.78 Å². The van der Waals surface area contributed by atoms with E-state index in [2.05, 4.69) is 5.10 Å². The van der Waals surface area contributed by atoms with Gasteiger partial charge in [-0.05, 0) is 50.8 Å². The van der Waals surface area contributed by atoms with E-state index < -0.39 is 11.6 Å². The maximum absolute atomic E-state index is 14.0. The van der Waals surface area contributed by atoms with Gasteiger partial charge in [-0.3, -0.25) is 4.79 Å². The maximum Gasteiger partial charge on any atom is 0.274 e. The van der Waals surface area contributed by atoms with Gasteiger partial charge >= 0.3 is 0 Å². The van der Waals surface area contributed by atoms with E-state index in [-0.39, 0.29) is 29.9 Å². The number of carbonyl (C=O) groups is 1. The summed E-state index contributed by atoms with van der Waals surface area (Å²) < 4.78 is 28.4. The zero-order valence-electron chi connectivity index (χ0n) is 14.1. The van der Waals surface area contributed by atoms with Gasteiger partial charge < -0.3 is 10.0 Å². The predicted molar refractivity (Wildman–Crippen MR) is 88.6 cm³/mol. The highest BCUT2D eigenvalue weighted by Gasteiger charge is 2.33. The Bertz CT molecular complexity index is 772. The van der Waals surface area contributed by atoms with E-state index in [4.69, 9.17) is 5.11 Å².